The van der Waals surface area contributed by atoms with Crippen LogP contribution in [0.1, 0.15) is 23.6 Å². The standard InChI is InChI=1S/C27H29FN2O3/c1-3-20-13-15-23(16-14-20)33-19-26(31)30(18-22-11-7-8-12-24(22)28)25(27(32)29-2)17-21-9-5-4-6-10-21/h4-16,25H,3,17-19H2,1-2H3,(H,29,32)/t25-/m0/s1. The fourth-order valence-corrected chi connectivity index (χ4v) is 3.58. The molecule has 5 nitrogen and oxygen atoms in total. The highest BCUT2D eigenvalue weighted by atomic mass is 19.1. The lowest BCUT2D eigenvalue weighted by atomic mass is 10.0. The Balaban J connectivity index is 1.86. The highest BCUT2D eigenvalue weighted by molar-refractivity contribution is 5.88. The number of hydrogen-bond donors (Lipinski definition) is 1. The normalized spacial score (nSPS) is 11.5. The minimum absolute atomic E-state index is 0.0471. The number of nitrogens with zero attached hydrogens (tertiary/aromatic N) is 1. The second kappa shape index (κ2) is 11.8. The molecular weight excluding hydrogens is 419 g/mol. The van der Waals surface area contributed by atoms with E-state index in [-0.39, 0.29) is 19.1 Å². The number of carbonyl (C=O) groups excluding carboxylic acids is 2. The molecule has 0 saturated heterocycles. The summed E-state index contributed by atoms with van der Waals surface area (Å²) in [5, 5.41) is 2.64. The summed E-state index contributed by atoms with van der Waals surface area (Å²) < 4.78 is 20.2. The van der Waals surface area contributed by atoms with Gasteiger partial charge in [0.1, 0.15) is 17.6 Å². The van der Waals surface area contributed by atoms with E-state index >= 15 is 0 Å². The van der Waals surface area contributed by atoms with Gasteiger partial charge in [-0.2, -0.15) is 0 Å². The van der Waals surface area contributed by atoms with Gasteiger partial charge in [0.05, 0.1) is 0 Å². The summed E-state index contributed by atoms with van der Waals surface area (Å²) in [5.41, 5.74) is 2.39. The Morgan fingerprint density at radius 2 is 1.61 bits per heavy atom. The molecule has 0 spiro atoms. The maximum Gasteiger partial charge on any atom is 0.261 e. The molecule has 1 atom stereocenters. The number of rotatable bonds is 10. The molecule has 1 N–H and O–H groups in total. The minimum atomic E-state index is -0.824. The first-order valence-electron chi connectivity index (χ1n) is 11.0. The molecule has 0 aliphatic carbocycles. The molecule has 3 aromatic rings. The maximum absolute atomic E-state index is 14.4. The van der Waals surface area contributed by atoms with Crippen molar-refractivity contribution < 1.29 is 18.7 Å². The van der Waals surface area contributed by atoms with E-state index in [1.165, 1.54) is 18.0 Å². The lowest BCUT2D eigenvalue weighted by molar-refractivity contribution is -0.142. The predicted octanol–water partition coefficient (Wildman–Crippen LogP) is 4.15. The SMILES string of the molecule is CCc1ccc(OCC(=O)N(Cc2ccccc2F)[C@@H](Cc2ccccc2)C(=O)NC)cc1. The van der Waals surface area contributed by atoms with Crippen LogP contribution >= 0.6 is 0 Å². The molecule has 6 heteroatoms. The second-order valence-corrected chi connectivity index (χ2v) is 7.72. The average molecular weight is 449 g/mol. The molecule has 3 rings (SSSR count). The summed E-state index contributed by atoms with van der Waals surface area (Å²) in [6.45, 7) is 1.75. The van der Waals surface area contributed by atoms with E-state index in [9.17, 15) is 14.0 Å². The Hall–Kier alpha value is -3.67. The lowest BCUT2D eigenvalue weighted by Crippen LogP contribution is -2.51. The first kappa shape index (κ1) is 24.0. The van der Waals surface area contributed by atoms with Crippen molar-refractivity contribution in [2.24, 2.45) is 0 Å². The smallest absolute Gasteiger partial charge is 0.261 e. The zero-order valence-electron chi connectivity index (χ0n) is 19.0. The fourth-order valence-electron chi connectivity index (χ4n) is 3.58. The number of aryl methyl sites for hydroxylation is 1. The number of likely N-dealkylation sites (N-methyl/N-ethyl adjacent to an activating group) is 1. The van der Waals surface area contributed by atoms with Crippen molar-refractivity contribution in [2.45, 2.75) is 32.4 Å². The molecule has 0 radical (unpaired) electrons. The van der Waals surface area contributed by atoms with Crippen LogP contribution in [0.3, 0.4) is 0 Å². The zero-order chi connectivity index (χ0) is 23.6. The molecule has 0 unspecified atom stereocenters. The van der Waals surface area contributed by atoms with Gasteiger partial charge >= 0.3 is 0 Å². The highest BCUT2D eigenvalue weighted by Crippen LogP contribution is 2.18. The molecule has 0 heterocycles. The van der Waals surface area contributed by atoms with E-state index in [0.717, 1.165) is 17.5 Å². The van der Waals surface area contributed by atoms with Crippen molar-refractivity contribution in [1.29, 1.82) is 0 Å². The van der Waals surface area contributed by atoms with E-state index in [4.69, 9.17) is 4.74 Å². The molecule has 33 heavy (non-hydrogen) atoms. The van der Waals surface area contributed by atoms with Gasteiger partial charge in [-0.05, 0) is 35.7 Å². The van der Waals surface area contributed by atoms with Crippen molar-refractivity contribution in [3.63, 3.8) is 0 Å². The van der Waals surface area contributed by atoms with Gasteiger partial charge in [-0.25, -0.2) is 4.39 Å². The fraction of sp³-hybridized carbons (Fsp3) is 0.259. The molecule has 0 aliphatic heterocycles. The highest BCUT2D eigenvalue weighted by Gasteiger charge is 2.30. The Morgan fingerprint density at radius 3 is 2.24 bits per heavy atom. The topological polar surface area (TPSA) is 58.6 Å². The summed E-state index contributed by atoms with van der Waals surface area (Å²) in [7, 11) is 1.53. The average Bonchev–Trinajstić information content (AvgIpc) is 2.86. The van der Waals surface area contributed by atoms with Gasteiger partial charge in [0.25, 0.3) is 5.91 Å². The molecule has 172 valence electrons. The van der Waals surface area contributed by atoms with Crippen LogP contribution in [0, 0.1) is 5.82 Å². The largest absolute Gasteiger partial charge is 0.484 e. The van der Waals surface area contributed by atoms with E-state index < -0.39 is 17.8 Å². The summed E-state index contributed by atoms with van der Waals surface area (Å²) >= 11 is 0. The van der Waals surface area contributed by atoms with Crippen LogP contribution in [0.15, 0.2) is 78.9 Å². The zero-order valence-corrected chi connectivity index (χ0v) is 19.0. The van der Waals surface area contributed by atoms with Gasteiger partial charge in [0.2, 0.25) is 5.91 Å². The number of nitrogens with one attached hydrogen (secondary N) is 1. The Labute approximate surface area is 194 Å². The van der Waals surface area contributed by atoms with Crippen molar-refractivity contribution >= 4 is 11.8 Å². The van der Waals surface area contributed by atoms with Gasteiger partial charge in [-0.1, -0.05) is 67.6 Å². The van der Waals surface area contributed by atoms with Crippen molar-refractivity contribution in [1.82, 2.24) is 10.2 Å². The third-order valence-electron chi connectivity index (χ3n) is 5.51. The van der Waals surface area contributed by atoms with E-state index in [1.54, 1.807) is 18.2 Å². The minimum Gasteiger partial charge on any atom is -0.484 e. The van der Waals surface area contributed by atoms with E-state index in [2.05, 4.69) is 12.2 Å². The number of halogens is 1. The van der Waals surface area contributed by atoms with Crippen LogP contribution in [0.2, 0.25) is 0 Å². The van der Waals surface area contributed by atoms with Crippen molar-refractivity contribution in [3.8, 4) is 5.75 Å². The number of benzene rings is 3. The molecule has 0 saturated carbocycles. The summed E-state index contributed by atoms with van der Waals surface area (Å²) in [6, 6.07) is 22.4. The molecule has 0 aliphatic rings. The van der Waals surface area contributed by atoms with Crippen molar-refractivity contribution in [3.05, 3.63) is 101 Å². The predicted molar refractivity (Wildman–Crippen MR) is 126 cm³/mol. The summed E-state index contributed by atoms with van der Waals surface area (Å²) in [5.74, 6) is -0.592. The lowest BCUT2D eigenvalue weighted by Gasteiger charge is -2.31. The molecule has 3 aromatic carbocycles. The number of hydrogen-bond acceptors (Lipinski definition) is 3. The Morgan fingerprint density at radius 1 is 0.939 bits per heavy atom. The second-order valence-electron chi connectivity index (χ2n) is 7.72. The molecule has 2 amide bonds. The summed E-state index contributed by atoms with van der Waals surface area (Å²) in [6.07, 6.45) is 1.20. The molecule has 0 aromatic heterocycles. The van der Waals surface area contributed by atoms with E-state index in [0.29, 0.717) is 17.7 Å². The van der Waals surface area contributed by atoms with E-state index in [1.807, 2.05) is 54.6 Å². The van der Waals surface area contributed by atoms with Crippen LogP contribution in [-0.4, -0.2) is 36.4 Å². The monoisotopic (exact) mass is 448 g/mol. The van der Waals surface area contributed by atoms with Crippen LogP contribution in [-0.2, 0) is 29.0 Å². The number of ether oxygens (including phenoxy) is 1. The third-order valence-corrected chi connectivity index (χ3v) is 5.51. The van der Waals surface area contributed by atoms with Gasteiger partial charge in [0.15, 0.2) is 6.61 Å². The first-order chi connectivity index (χ1) is 16.0. The quantitative estimate of drug-likeness (QED) is 0.507. The van der Waals surface area contributed by atoms with Gasteiger partial charge in [0, 0.05) is 25.6 Å². The van der Waals surface area contributed by atoms with Crippen LogP contribution in [0.4, 0.5) is 4.39 Å². The number of amides is 2. The Bertz CT molecular complexity index is 1050. The van der Waals surface area contributed by atoms with Crippen LogP contribution < -0.4 is 10.1 Å². The first-order valence-corrected chi connectivity index (χ1v) is 11.0. The van der Waals surface area contributed by atoms with Gasteiger partial charge in [-0.3, -0.25) is 9.59 Å². The Kier molecular flexibility index (Phi) is 8.58. The van der Waals surface area contributed by atoms with Gasteiger partial charge in [-0.15, -0.1) is 0 Å². The van der Waals surface area contributed by atoms with Crippen molar-refractivity contribution in [2.75, 3.05) is 13.7 Å². The summed E-state index contributed by atoms with van der Waals surface area (Å²) in [4.78, 5) is 27.5. The maximum atomic E-state index is 14.4. The third kappa shape index (κ3) is 6.65. The number of carbonyl (C=O) groups is 2. The molecular formula is C27H29FN2O3. The van der Waals surface area contributed by atoms with Crippen LogP contribution in [0.5, 0.6) is 5.75 Å². The van der Waals surface area contributed by atoms with Crippen LogP contribution in [0.25, 0.3) is 0 Å². The van der Waals surface area contributed by atoms with Gasteiger partial charge < -0.3 is 15.0 Å². The molecule has 0 bridgehead atoms. The molecule has 0 fully saturated rings.